The van der Waals surface area contributed by atoms with E-state index in [0.29, 0.717) is 32.1 Å². The van der Waals surface area contributed by atoms with Gasteiger partial charge in [0.05, 0.1) is 5.92 Å². The Morgan fingerprint density at radius 2 is 1.73 bits per heavy atom. The quantitative estimate of drug-likeness (QED) is 0.670. The predicted octanol–water partition coefficient (Wildman–Crippen LogP) is 0.389. The van der Waals surface area contributed by atoms with Gasteiger partial charge in [0.25, 0.3) is 0 Å². The van der Waals surface area contributed by atoms with Gasteiger partial charge in [-0.25, -0.2) is 0 Å². The van der Waals surface area contributed by atoms with Crippen LogP contribution in [0.1, 0.15) is 32.1 Å². The first-order chi connectivity index (χ1) is 7.09. The van der Waals surface area contributed by atoms with E-state index in [2.05, 4.69) is 0 Å². The number of carbonyl (C=O) groups is 3. The Hall–Kier alpha value is -1.39. The lowest BCUT2D eigenvalue weighted by molar-refractivity contribution is -0.160. The van der Waals surface area contributed by atoms with Crippen LogP contribution in [0, 0.1) is 5.92 Å². The minimum atomic E-state index is -0.830. The zero-order valence-electron chi connectivity index (χ0n) is 8.31. The summed E-state index contributed by atoms with van der Waals surface area (Å²) in [6, 6.07) is -0.161. The molecule has 0 bridgehead atoms. The van der Waals surface area contributed by atoms with Crippen LogP contribution in [0.3, 0.4) is 0 Å². The lowest BCUT2D eigenvalue weighted by Crippen LogP contribution is -2.53. The van der Waals surface area contributed by atoms with Gasteiger partial charge in [-0.2, -0.15) is 0 Å². The minimum absolute atomic E-state index is 0.139. The molecule has 5 heteroatoms. The van der Waals surface area contributed by atoms with Gasteiger partial charge in [-0.1, -0.05) is 0 Å². The number of rotatable bonds is 2. The van der Waals surface area contributed by atoms with Gasteiger partial charge in [0.1, 0.15) is 0 Å². The first kappa shape index (κ1) is 10.1. The molecule has 0 aromatic heterocycles. The summed E-state index contributed by atoms with van der Waals surface area (Å²) < 4.78 is 0. The van der Waals surface area contributed by atoms with Crippen LogP contribution in [0.5, 0.6) is 0 Å². The van der Waals surface area contributed by atoms with Crippen molar-refractivity contribution in [2.45, 2.75) is 38.1 Å². The van der Waals surface area contributed by atoms with Gasteiger partial charge in [-0.3, -0.25) is 19.3 Å². The van der Waals surface area contributed by atoms with E-state index in [0.717, 1.165) is 0 Å². The van der Waals surface area contributed by atoms with E-state index in [1.54, 1.807) is 0 Å². The molecule has 1 aliphatic carbocycles. The Balaban J connectivity index is 1.97. The van der Waals surface area contributed by atoms with Crippen molar-refractivity contribution in [3.8, 4) is 0 Å². The lowest BCUT2D eigenvalue weighted by Gasteiger charge is -2.41. The average Bonchev–Trinajstić information content (AvgIpc) is 2.06. The van der Waals surface area contributed by atoms with Crippen LogP contribution in [-0.2, 0) is 14.4 Å². The standard InChI is InChI=1S/C10H13NO4/c12-8-2-1-3-9(13)11(8)7-4-6(5-7)10(14)15/h6-7H,1-5H2,(H,14,15). The summed E-state index contributed by atoms with van der Waals surface area (Å²) in [7, 11) is 0. The second-order valence-corrected chi connectivity index (χ2v) is 4.17. The highest BCUT2D eigenvalue weighted by atomic mass is 16.4. The molecule has 0 spiro atoms. The maximum atomic E-state index is 11.5. The first-order valence-corrected chi connectivity index (χ1v) is 5.17. The summed E-state index contributed by atoms with van der Waals surface area (Å²) in [5, 5.41) is 8.69. The molecule has 0 aromatic carbocycles. The predicted molar refractivity (Wildman–Crippen MR) is 49.9 cm³/mol. The molecule has 0 unspecified atom stereocenters. The van der Waals surface area contributed by atoms with E-state index in [9.17, 15) is 14.4 Å². The summed E-state index contributed by atoms with van der Waals surface area (Å²) in [5.74, 6) is -1.49. The van der Waals surface area contributed by atoms with Crippen LogP contribution >= 0.6 is 0 Å². The summed E-state index contributed by atoms with van der Waals surface area (Å²) in [6.07, 6.45) is 2.31. The summed E-state index contributed by atoms with van der Waals surface area (Å²) >= 11 is 0. The number of amides is 2. The maximum Gasteiger partial charge on any atom is 0.306 e. The van der Waals surface area contributed by atoms with Crippen LogP contribution < -0.4 is 0 Å². The van der Waals surface area contributed by atoms with Crippen molar-refractivity contribution < 1.29 is 19.5 Å². The molecule has 0 aromatic rings. The number of piperidine rings is 1. The highest BCUT2D eigenvalue weighted by Gasteiger charge is 2.43. The molecule has 0 radical (unpaired) electrons. The Morgan fingerprint density at radius 3 is 2.20 bits per heavy atom. The number of carboxylic acids is 1. The molecule has 2 aliphatic rings. The first-order valence-electron chi connectivity index (χ1n) is 5.17. The molecule has 5 nitrogen and oxygen atoms in total. The maximum absolute atomic E-state index is 11.5. The molecule has 1 saturated heterocycles. The molecule has 0 atom stereocenters. The van der Waals surface area contributed by atoms with Crippen LogP contribution in [0.15, 0.2) is 0 Å². The van der Waals surface area contributed by atoms with E-state index in [1.807, 2.05) is 0 Å². The van der Waals surface area contributed by atoms with Crippen molar-refractivity contribution in [2.24, 2.45) is 5.92 Å². The van der Waals surface area contributed by atoms with E-state index in [4.69, 9.17) is 5.11 Å². The molecule has 2 amide bonds. The third-order valence-electron chi connectivity index (χ3n) is 3.15. The molecule has 1 saturated carbocycles. The number of nitrogens with zero attached hydrogens (tertiary/aromatic N) is 1. The van der Waals surface area contributed by atoms with Crippen LogP contribution in [0.4, 0.5) is 0 Å². The second kappa shape index (κ2) is 3.64. The number of likely N-dealkylation sites (tertiary alicyclic amines) is 1. The van der Waals surface area contributed by atoms with Gasteiger partial charge in [0, 0.05) is 18.9 Å². The fraction of sp³-hybridized carbons (Fsp3) is 0.700. The minimum Gasteiger partial charge on any atom is -0.481 e. The van der Waals surface area contributed by atoms with Crippen molar-refractivity contribution in [1.29, 1.82) is 0 Å². The Labute approximate surface area is 87.1 Å². The van der Waals surface area contributed by atoms with Gasteiger partial charge in [-0.15, -0.1) is 0 Å². The van der Waals surface area contributed by atoms with Crippen LogP contribution in [-0.4, -0.2) is 33.8 Å². The molecule has 15 heavy (non-hydrogen) atoms. The van der Waals surface area contributed by atoms with E-state index in [-0.39, 0.29) is 23.8 Å². The van der Waals surface area contributed by atoms with Crippen molar-refractivity contribution in [3.05, 3.63) is 0 Å². The number of hydrogen-bond acceptors (Lipinski definition) is 3. The molecular formula is C10H13NO4. The third kappa shape index (κ3) is 1.73. The normalized spacial score (nSPS) is 31.3. The SMILES string of the molecule is O=C(O)C1CC(N2C(=O)CCCC2=O)C1. The average molecular weight is 211 g/mol. The largest absolute Gasteiger partial charge is 0.481 e. The van der Waals surface area contributed by atoms with Gasteiger partial charge < -0.3 is 5.11 Å². The van der Waals surface area contributed by atoms with Gasteiger partial charge in [-0.05, 0) is 19.3 Å². The lowest BCUT2D eigenvalue weighted by atomic mass is 9.78. The summed E-state index contributed by atoms with van der Waals surface area (Å²) in [6.45, 7) is 0. The van der Waals surface area contributed by atoms with Crippen LogP contribution in [0.2, 0.25) is 0 Å². The van der Waals surface area contributed by atoms with Crippen molar-refractivity contribution in [1.82, 2.24) is 4.90 Å². The fourth-order valence-electron chi connectivity index (χ4n) is 2.18. The van der Waals surface area contributed by atoms with Gasteiger partial charge in [0.15, 0.2) is 0 Å². The molecular weight excluding hydrogens is 198 g/mol. The topological polar surface area (TPSA) is 74.7 Å². The Morgan fingerprint density at radius 1 is 1.20 bits per heavy atom. The van der Waals surface area contributed by atoms with E-state index in [1.165, 1.54) is 4.90 Å². The highest BCUT2D eigenvalue weighted by molar-refractivity contribution is 5.98. The van der Waals surface area contributed by atoms with Crippen molar-refractivity contribution >= 4 is 17.8 Å². The smallest absolute Gasteiger partial charge is 0.306 e. The molecule has 1 N–H and O–H groups in total. The molecule has 1 heterocycles. The zero-order valence-corrected chi connectivity index (χ0v) is 8.31. The molecule has 82 valence electrons. The van der Waals surface area contributed by atoms with Crippen molar-refractivity contribution in [3.63, 3.8) is 0 Å². The monoisotopic (exact) mass is 211 g/mol. The zero-order chi connectivity index (χ0) is 11.0. The fourth-order valence-corrected chi connectivity index (χ4v) is 2.18. The molecule has 1 aliphatic heterocycles. The number of hydrogen-bond donors (Lipinski definition) is 1. The van der Waals surface area contributed by atoms with Crippen LogP contribution in [0.25, 0.3) is 0 Å². The number of carboxylic acid groups (broad SMARTS) is 1. The number of aliphatic carboxylic acids is 1. The summed E-state index contributed by atoms with van der Waals surface area (Å²) in [5.41, 5.74) is 0. The third-order valence-corrected chi connectivity index (χ3v) is 3.15. The second-order valence-electron chi connectivity index (χ2n) is 4.17. The number of carbonyl (C=O) groups excluding carboxylic acids is 2. The van der Waals surface area contributed by atoms with Gasteiger partial charge >= 0.3 is 5.97 Å². The summed E-state index contributed by atoms with van der Waals surface area (Å²) in [4.78, 5) is 34.8. The number of imide groups is 1. The van der Waals surface area contributed by atoms with Crippen molar-refractivity contribution in [2.75, 3.05) is 0 Å². The highest BCUT2D eigenvalue weighted by Crippen LogP contribution is 2.34. The van der Waals surface area contributed by atoms with Gasteiger partial charge in [0.2, 0.25) is 11.8 Å². The van der Waals surface area contributed by atoms with E-state index >= 15 is 0 Å². The molecule has 2 rings (SSSR count). The molecule has 2 fully saturated rings. The Bertz CT molecular complexity index is 303. The van der Waals surface area contributed by atoms with E-state index < -0.39 is 5.97 Å². The Kier molecular flexibility index (Phi) is 2.46.